The van der Waals surface area contributed by atoms with Gasteiger partial charge >= 0.3 is 115 Å². The Morgan fingerprint density at radius 2 is 1.11 bits per heavy atom. The van der Waals surface area contributed by atoms with E-state index in [1.165, 1.54) is 46.6 Å². The summed E-state index contributed by atoms with van der Waals surface area (Å²) in [6, 6.07) is 9.15. The van der Waals surface area contributed by atoms with Gasteiger partial charge in [0, 0.05) is 5.33 Å². The first-order valence-corrected chi connectivity index (χ1v) is 16.1. The molecule has 0 atom stereocenters. The molecule has 2 aromatic heterocycles. The Kier molecular flexibility index (Phi) is 28.4. The van der Waals surface area contributed by atoms with Crippen molar-refractivity contribution in [3.8, 4) is 23.0 Å². The molecule has 0 bridgehead atoms. The van der Waals surface area contributed by atoms with Gasteiger partial charge in [0.15, 0.2) is 23.0 Å². The molecule has 0 saturated heterocycles. The molecule has 53 heavy (non-hydrogen) atoms. The molecule has 4 aromatic rings. The van der Waals surface area contributed by atoms with Crippen molar-refractivity contribution >= 4 is 34.3 Å². The van der Waals surface area contributed by atoms with Crippen LogP contribution in [0.15, 0.2) is 36.4 Å². The topological polar surface area (TPSA) is 201 Å². The number of carbonyl (C=O) groups excluding carboxylic acids is 3. The number of hydrogen-bond acceptors (Lipinski definition) is 15. The maximum atomic E-state index is 11.5. The summed E-state index contributed by atoms with van der Waals surface area (Å²) in [6.45, 7) is 11.8. The number of phenols is 1. The van der Waals surface area contributed by atoms with Crippen molar-refractivity contribution in [1.29, 1.82) is 0 Å². The fraction of sp³-hybridized carbons (Fsp3) is 0.343. The van der Waals surface area contributed by atoms with Gasteiger partial charge in [-0.15, -0.1) is 0 Å². The number of aromatic nitrogens is 4. The predicted octanol–water partition coefficient (Wildman–Crippen LogP) is -1.18. The first-order valence-electron chi connectivity index (χ1n) is 15.0. The van der Waals surface area contributed by atoms with Gasteiger partial charge in [0.1, 0.15) is 6.61 Å². The molecule has 0 aliphatic heterocycles. The van der Waals surface area contributed by atoms with Crippen LogP contribution in [0.4, 0.5) is 0 Å². The molecular weight excluding hydrogens is 811 g/mol. The molecule has 0 aliphatic carbocycles. The van der Waals surface area contributed by atoms with Crippen molar-refractivity contribution in [3.05, 3.63) is 93.1 Å². The number of ether oxygens (including phenoxy) is 5. The van der Waals surface area contributed by atoms with Crippen LogP contribution < -0.4 is 122 Å². The monoisotopic (exact) mass is 852 g/mol. The van der Waals surface area contributed by atoms with E-state index in [0.29, 0.717) is 22.6 Å². The van der Waals surface area contributed by atoms with Gasteiger partial charge in [-0.1, -0.05) is 15.9 Å². The van der Waals surface area contributed by atoms with Crippen molar-refractivity contribution in [2.24, 2.45) is 0 Å². The van der Waals surface area contributed by atoms with Crippen molar-refractivity contribution in [1.82, 2.24) is 19.9 Å². The molecule has 15 nitrogen and oxygen atoms in total. The van der Waals surface area contributed by atoms with E-state index in [1.807, 2.05) is 41.5 Å². The summed E-state index contributed by atoms with van der Waals surface area (Å²) >= 11 is 3.36. The van der Waals surface area contributed by atoms with Gasteiger partial charge in [0.05, 0.1) is 85.1 Å². The van der Waals surface area contributed by atoms with E-state index >= 15 is 0 Å². The summed E-state index contributed by atoms with van der Waals surface area (Å²) < 4.78 is 25.1. The fourth-order valence-corrected chi connectivity index (χ4v) is 4.42. The molecule has 1 N–H and O–H groups in total. The summed E-state index contributed by atoms with van der Waals surface area (Å²) in [5.74, 6) is 0.351. The van der Waals surface area contributed by atoms with E-state index < -0.39 is 11.9 Å². The average Bonchev–Trinajstić information content (AvgIpc) is 3.14. The summed E-state index contributed by atoms with van der Waals surface area (Å²) in [7, 11) is 5.56. The van der Waals surface area contributed by atoms with Gasteiger partial charge in [-0.25, -0.2) is 9.59 Å². The van der Waals surface area contributed by atoms with Crippen molar-refractivity contribution in [2.75, 3.05) is 28.4 Å². The zero-order valence-electron chi connectivity index (χ0n) is 33.2. The number of methoxy groups -OCH3 is 4. The predicted molar refractivity (Wildman–Crippen MR) is 188 cm³/mol. The standard InChI is InChI=1S/C17H20N2O4.C9H10O4.C8H11BrN2.CH2O3.2K.H/c1-10-11(2)19-14(12(3)18-10)9-23-15-7-6-13(17(20)22-5)8-16(15)21-4;1-12-8-5-6(9(11)13-2)3-4-7(8)10;1-5-6(2)11-8(4-9)7(3)10-5;2-1-4-3;;;/h6-8H,9H2,1-5H3;3-5,10H,1-2H3;4H2,1-3H3;1,3H;;;/q;;;;2*+1;-1/p-1. The molecule has 0 saturated carbocycles. The zero-order chi connectivity index (χ0) is 38.7. The Morgan fingerprint density at radius 1 is 0.698 bits per heavy atom. The Bertz CT molecular complexity index is 1790. The van der Waals surface area contributed by atoms with Crippen LogP contribution in [-0.4, -0.2) is 71.9 Å². The van der Waals surface area contributed by atoms with Gasteiger partial charge in [0.2, 0.25) is 0 Å². The minimum atomic E-state index is -0.460. The first-order chi connectivity index (χ1) is 24.2. The normalized spacial score (nSPS) is 9.28. The number of carbonyl (C=O) groups is 3. The van der Waals surface area contributed by atoms with Gasteiger partial charge in [-0.3, -0.25) is 24.7 Å². The molecule has 0 radical (unpaired) electrons. The number of alkyl halides is 1. The number of aryl methyl sites for hydroxylation is 6. The molecule has 0 amide bonds. The van der Waals surface area contributed by atoms with Crippen LogP contribution >= 0.6 is 15.9 Å². The average molecular weight is 854 g/mol. The smallest absolute Gasteiger partial charge is 1.00 e. The van der Waals surface area contributed by atoms with E-state index in [1.54, 1.807) is 18.2 Å². The van der Waals surface area contributed by atoms with Crippen LogP contribution in [0.3, 0.4) is 0 Å². The van der Waals surface area contributed by atoms with E-state index in [9.17, 15) is 14.7 Å². The quantitative estimate of drug-likeness (QED) is 0.0526. The Morgan fingerprint density at radius 3 is 1.55 bits per heavy atom. The van der Waals surface area contributed by atoms with Gasteiger partial charge in [-0.05, 0) is 77.9 Å². The third-order valence-corrected chi connectivity index (χ3v) is 7.41. The van der Waals surface area contributed by atoms with E-state index in [4.69, 9.17) is 29.0 Å². The van der Waals surface area contributed by atoms with E-state index in [2.05, 4.69) is 45.5 Å². The van der Waals surface area contributed by atoms with Crippen molar-refractivity contribution < 1.29 is 158 Å². The number of rotatable bonds is 9. The van der Waals surface area contributed by atoms with Crippen LogP contribution in [0.25, 0.3) is 0 Å². The Balaban J connectivity index is -0.000000718. The Hall–Kier alpha value is -2.08. The SMILES string of the molecule is COC(=O)c1ccc(O)c(OC)c1.COC(=O)c1ccc(OCc2nc(C)c(C)nc2C)c(OC)c1.Cc1nc(C)c(CBr)nc1C.O=CO[O-].[H-].[K+].[K+]. The molecule has 0 fully saturated rings. The second kappa shape index (κ2) is 28.3. The summed E-state index contributed by atoms with van der Waals surface area (Å²) in [5.41, 5.74) is 8.23. The van der Waals surface area contributed by atoms with Crippen LogP contribution in [0.1, 0.15) is 67.7 Å². The van der Waals surface area contributed by atoms with Gasteiger partial charge in [0.25, 0.3) is 6.47 Å². The van der Waals surface area contributed by atoms with E-state index in [-0.39, 0.29) is 129 Å². The van der Waals surface area contributed by atoms with Crippen LogP contribution in [0.2, 0.25) is 0 Å². The molecule has 0 unspecified atom stereocenters. The molecule has 278 valence electrons. The number of halogens is 1. The maximum Gasteiger partial charge on any atom is 1.00 e. The molecular formula is C35H43BrK2N4O11. The summed E-state index contributed by atoms with van der Waals surface area (Å²) in [4.78, 5) is 51.5. The summed E-state index contributed by atoms with van der Waals surface area (Å²) in [5, 5.41) is 18.4. The minimum absolute atomic E-state index is 0. The Labute approximate surface area is 404 Å². The van der Waals surface area contributed by atoms with Crippen LogP contribution in [0.5, 0.6) is 23.0 Å². The number of benzene rings is 2. The number of nitrogens with zero attached hydrogens (tertiary/aromatic N) is 4. The zero-order valence-corrected chi connectivity index (χ0v) is 40.0. The number of phenolic OH excluding ortho intramolecular Hbond substituents is 1. The molecule has 4 rings (SSSR count). The van der Waals surface area contributed by atoms with Gasteiger partial charge < -0.3 is 40.4 Å². The summed E-state index contributed by atoms with van der Waals surface area (Å²) in [6.07, 6.45) is 0. The second-order valence-electron chi connectivity index (χ2n) is 10.2. The number of esters is 2. The first kappa shape index (κ1) is 53.0. The molecule has 2 heterocycles. The fourth-order valence-electron chi connectivity index (χ4n) is 3.89. The molecule has 2 aromatic carbocycles. The molecule has 0 aliphatic rings. The maximum absolute atomic E-state index is 11.5. The third kappa shape index (κ3) is 17.9. The second-order valence-corrected chi connectivity index (χ2v) is 10.8. The van der Waals surface area contributed by atoms with Gasteiger partial charge in [-0.2, -0.15) is 0 Å². The van der Waals surface area contributed by atoms with Crippen molar-refractivity contribution in [3.63, 3.8) is 0 Å². The van der Waals surface area contributed by atoms with Crippen molar-refractivity contribution in [2.45, 2.75) is 53.5 Å². The minimum Gasteiger partial charge on any atom is -1.00 e. The third-order valence-electron chi connectivity index (χ3n) is 6.87. The molecule has 18 heteroatoms. The van der Waals surface area contributed by atoms with Crippen LogP contribution in [-0.2, 0) is 31.1 Å². The molecule has 0 spiro atoms. The largest absolute Gasteiger partial charge is 1.00 e. The number of hydrogen-bond donors (Lipinski definition) is 1. The van der Waals surface area contributed by atoms with E-state index in [0.717, 1.165) is 50.9 Å². The number of aromatic hydroxyl groups is 1. The van der Waals surface area contributed by atoms with Crippen LogP contribution in [0, 0.1) is 41.5 Å².